The number of nitrogens with one attached hydrogen (secondary N) is 1. The molecule has 5 nitrogen and oxygen atoms in total. The number of hydrogen-bond donors (Lipinski definition) is 1. The minimum absolute atomic E-state index is 0.648. The van der Waals surface area contributed by atoms with Gasteiger partial charge < -0.3 is 14.6 Å². The Bertz CT molecular complexity index is 321. The van der Waals surface area contributed by atoms with Gasteiger partial charge in [0.15, 0.2) is 5.82 Å². The normalized spacial score (nSPS) is 17.5. The molecule has 2 rings (SSSR count). The Labute approximate surface area is 102 Å². The van der Waals surface area contributed by atoms with E-state index in [0.717, 1.165) is 63.6 Å². The molecule has 1 fully saturated rings. The van der Waals surface area contributed by atoms with Crippen LogP contribution in [0.4, 0.5) is 0 Å². The smallest absolute Gasteiger partial charge is 0.226 e. The third-order valence-corrected chi connectivity index (χ3v) is 3.14. The van der Waals surface area contributed by atoms with Gasteiger partial charge in [-0.1, -0.05) is 5.16 Å². The first kappa shape index (κ1) is 12.5. The van der Waals surface area contributed by atoms with Crippen LogP contribution in [0.5, 0.6) is 0 Å². The van der Waals surface area contributed by atoms with E-state index in [4.69, 9.17) is 9.26 Å². The minimum Gasteiger partial charge on any atom is -0.381 e. The van der Waals surface area contributed by atoms with Gasteiger partial charge in [0, 0.05) is 26.1 Å². The van der Waals surface area contributed by atoms with Crippen molar-refractivity contribution in [3.8, 4) is 0 Å². The number of aromatic nitrogens is 2. The molecule has 0 aromatic carbocycles. The number of aryl methyl sites for hydroxylation is 1. The molecule has 0 aliphatic carbocycles. The fourth-order valence-corrected chi connectivity index (χ4v) is 2.10. The highest BCUT2D eigenvalue weighted by Gasteiger charge is 2.17. The summed E-state index contributed by atoms with van der Waals surface area (Å²) in [5.74, 6) is 2.27. The largest absolute Gasteiger partial charge is 0.381 e. The van der Waals surface area contributed by atoms with E-state index in [1.165, 1.54) is 0 Å². The monoisotopic (exact) mass is 239 g/mol. The fourth-order valence-electron chi connectivity index (χ4n) is 2.10. The lowest BCUT2D eigenvalue weighted by molar-refractivity contribution is 0.0642. The maximum absolute atomic E-state index is 5.33. The van der Waals surface area contributed by atoms with Crippen molar-refractivity contribution in [3.05, 3.63) is 11.7 Å². The van der Waals surface area contributed by atoms with Crippen LogP contribution in [0.15, 0.2) is 4.52 Å². The summed E-state index contributed by atoms with van der Waals surface area (Å²) >= 11 is 0. The van der Waals surface area contributed by atoms with Gasteiger partial charge in [0.1, 0.15) is 0 Å². The molecule has 0 bridgehead atoms. The molecule has 0 unspecified atom stereocenters. The van der Waals surface area contributed by atoms with Crippen molar-refractivity contribution in [2.24, 2.45) is 5.92 Å². The molecule has 0 radical (unpaired) electrons. The fraction of sp³-hybridized carbons (Fsp3) is 0.833. The predicted octanol–water partition coefficient (Wildman–Crippen LogP) is 1.19. The second-order valence-electron chi connectivity index (χ2n) is 4.57. The van der Waals surface area contributed by atoms with Gasteiger partial charge in [-0.05, 0) is 38.8 Å². The molecule has 1 saturated heterocycles. The summed E-state index contributed by atoms with van der Waals surface area (Å²) < 4.78 is 10.6. The summed E-state index contributed by atoms with van der Waals surface area (Å²) in [5, 5.41) is 7.12. The first-order valence-electron chi connectivity index (χ1n) is 6.42. The third-order valence-electron chi connectivity index (χ3n) is 3.14. The van der Waals surface area contributed by atoms with E-state index in [1.807, 2.05) is 7.05 Å². The Morgan fingerprint density at radius 3 is 2.94 bits per heavy atom. The van der Waals surface area contributed by atoms with E-state index in [2.05, 4.69) is 15.5 Å². The van der Waals surface area contributed by atoms with Gasteiger partial charge in [0.05, 0.1) is 0 Å². The van der Waals surface area contributed by atoms with E-state index in [9.17, 15) is 0 Å². The van der Waals surface area contributed by atoms with Crippen LogP contribution in [0.3, 0.4) is 0 Å². The van der Waals surface area contributed by atoms with Crippen molar-refractivity contribution in [2.75, 3.05) is 26.8 Å². The highest BCUT2D eigenvalue weighted by molar-refractivity contribution is 4.88. The summed E-state index contributed by atoms with van der Waals surface area (Å²) in [6.07, 6.45) is 5.06. The standard InChI is InChI=1S/C12H21N3O2/c1-13-6-2-3-11-14-12(17-15-11)9-10-4-7-16-8-5-10/h10,13H,2-9H2,1H3. The van der Waals surface area contributed by atoms with Crippen LogP contribution in [0.1, 0.15) is 31.0 Å². The first-order valence-corrected chi connectivity index (χ1v) is 6.42. The van der Waals surface area contributed by atoms with Crippen molar-refractivity contribution in [1.82, 2.24) is 15.5 Å². The van der Waals surface area contributed by atoms with Gasteiger partial charge >= 0.3 is 0 Å². The molecular weight excluding hydrogens is 218 g/mol. The second-order valence-corrected chi connectivity index (χ2v) is 4.57. The van der Waals surface area contributed by atoms with Crippen molar-refractivity contribution >= 4 is 0 Å². The van der Waals surface area contributed by atoms with Gasteiger partial charge in [-0.25, -0.2) is 0 Å². The highest BCUT2D eigenvalue weighted by atomic mass is 16.5. The average Bonchev–Trinajstić information content (AvgIpc) is 2.79. The molecular formula is C12H21N3O2. The lowest BCUT2D eigenvalue weighted by Crippen LogP contribution is -2.17. The van der Waals surface area contributed by atoms with E-state index in [-0.39, 0.29) is 0 Å². The Hall–Kier alpha value is -0.940. The summed E-state index contributed by atoms with van der Waals surface area (Å²) in [6.45, 7) is 2.73. The molecule has 5 heteroatoms. The Kier molecular flexibility index (Phi) is 4.94. The van der Waals surface area contributed by atoms with Gasteiger partial charge in [-0.3, -0.25) is 0 Å². The lowest BCUT2D eigenvalue weighted by Gasteiger charge is -2.19. The Balaban J connectivity index is 1.76. The predicted molar refractivity (Wildman–Crippen MR) is 63.8 cm³/mol. The first-order chi connectivity index (χ1) is 8.38. The van der Waals surface area contributed by atoms with Crippen molar-refractivity contribution in [3.63, 3.8) is 0 Å². The Morgan fingerprint density at radius 1 is 1.35 bits per heavy atom. The van der Waals surface area contributed by atoms with Crippen LogP contribution in [-0.4, -0.2) is 36.9 Å². The summed E-state index contributed by atoms with van der Waals surface area (Å²) in [6, 6.07) is 0. The number of ether oxygens (including phenoxy) is 1. The van der Waals surface area contributed by atoms with Gasteiger partial charge in [0.25, 0.3) is 0 Å². The maximum Gasteiger partial charge on any atom is 0.226 e. The summed E-state index contributed by atoms with van der Waals surface area (Å²) in [4.78, 5) is 4.43. The minimum atomic E-state index is 0.648. The molecule has 1 aliphatic heterocycles. The van der Waals surface area contributed by atoms with Crippen LogP contribution >= 0.6 is 0 Å². The molecule has 1 aliphatic rings. The topological polar surface area (TPSA) is 60.2 Å². The highest BCUT2D eigenvalue weighted by Crippen LogP contribution is 2.19. The zero-order valence-electron chi connectivity index (χ0n) is 10.4. The molecule has 17 heavy (non-hydrogen) atoms. The van der Waals surface area contributed by atoms with Crippen LogP contribution < -0.4 is 5.32 Å². The van der Waals surface area contributed by atoms with Crippen LogP contribution in [0, 0.1) is 5.92 Å². The van der Waals surface area contributed by atoms with E-state index in [1.54, 1.807) is 0 Å². The molecule has 0 saturated carbocycles. The molecule has 1 aromatic rings. The van der Waals surface area contributed by atoms with E-state index in [0.29, 0.717) is 5.92 Å². The molecule has 0 amide bonds. The zero-order chi connectivity index (χ0) is 11.9. The molecule has 0 spiro atoms. The number of nitrogens with zero attached hydrogens (tertiary/aromatic N) is 2. The number of rotatable bonds is 6. The second kappa shape index (κ2) is 6.71. The molecule has 96 valence electrons. The van der Waals surface area contributed by atoms with Crippen LogP contribution in [-0.2, 0) is 17.6 Å². The number of hydrogen-bond acceptors (Lipinski definition) is 5. The van der Waals surface area contributed by atoms with Gasteiger partial charge in [0.2, 0.25) is 5.89 Å². The summed E-state index contributed by atoms with van der Waals surface area (Å²) in [5.41, 5.74) is 0. The SMILES string of the molecule is CNCCCc1noc(CC2CCOCC2)n1. The quantitative estimate of drug-likeness (QED) is 0.756. The van der Waals surface area contributed by atoms with Crippen molar-refractivity contribution in [1.29, 1.82) is 0 Å². The Morgan fingerprint density at radius 2 is 2.18 bits per heavy atom. The third kappa shape index (κ3) is 4.09. The summed E-state index contributed by atoms with van der Waals surface area (Å²) in [7, 11) is 1.95. The van der Waals surface area contributed by atoms with Gasteiger partial charge in [-0.15, -0.1) is 0 Å². The van der Waals surface area contributed by atoms with Gasteiger partial charge in [-0.2, -0.15) is 4.98 Å². The molecule has 1 aromatic heterocycles. The maximum atomic E-state index is 5.33. The van der Waals surface area contributed by atoms with Crippen molar-refractivity contribution in [2.45, 2.75) is 32.1 Å². The molecule has 1 N–H and O–H groups in total. The van der Waals surface area contributed by atoms with Crippen molar-refractivity contribution < 1.29 is 9.26 Å². The van der Waals surface area contributed by atoms with E-state index >= 15 is 0 Å². The zero-order valence-corrected chi connectivity index (χ0v) is 10.4. The van der Waals surface area contributed by atoms with Crippen LogP contribution in [0.2, 0.25) is 0 Å². The van der Waals surface area contributed by atoms with E-state index < -0.39 is 0 Å². The average molecular weight is 239 g/mol. The lowest BCUT2D eigenvalue weighted by atomic mass is 9.97. The molecule has 2 heterocycles. The van der Waals surface area contributed by atoms with Crippen LogP contribution in [0.25, 0.3) is 0 Å². The molecule has 0 atom stereocenters.